The number of nitrogens with two attached hydrogens (primary N) is 1. The summed E-state index contributed by atoms with van der Waals surface area (Å²) in [4.78, 5) is 14.1. The van der Waals surface area contributed by atoms with E-state index in [4.69, 9.17) is 17.3 Å². The summed E-state index contributed by atoms with van der Waals surface area (Å²) in [6, 6.07) is 13.7. The van der Waals surface area contributed by atoms with Crippen molar-refractivity contribution in [1.82, 2.24) is 0 Å². The van der Waals surface area contributed by atoms with Gasteiger partial charge in [-0.2, -0.15) is 0 Å². The number of hydrogen-bond acceptors (Lipinski definition) is 3. The number of rotatable bonds is 4. The van der Waals surface area contributed by atoms with Crippen molar-refractivity contribution in [2.75, 3.05) is 23.4 Å². The highest BCUT2D eigenvalue weighted by Gasteiger charge is 2.17. The highest BCUT2D eigenvalue weighted by Crippen LogP contribution is 2.20. The Morgan fingerprint density at radius 3 is 2.43 bits per heavy atom. The monoisotopic (exact) mass is 322 g/mol. The van der Waals surface area contributed by atoms with Crippen LogP contribution in [0.5, 0.6) is 0 Å². The molecule has 1 atom stereocenters. The third-order valence-electron chi connectivity index (χ3n) is 2.99. The molecule has 2 aromatic carbocycles. The minimum Gasteiger partial charge on any atom is -0.399 e. The molecule has 0 aliphatic rings. The van der Waals surface area contributed by atoms with E-state index in [1.807, 2.05) is 0 Å². The van der Waals surface area contributed by atoms with Crippen LogP contribution in [0.15, 0.2) is 53.4 Å². The fourth-order valence-electron chi connectivity index (χ4n) is 1.76. The van der Waals surface area contributed by atoms with E-state index in [1.54, 1.807) is 55.6 Å². The largest absolute Gasteiger partial charge is 0.399 e. The van der Waals surface area contributed by atoms with Crippen LogP contribution >= 0.6 is 11.6 Å². The van der Waals surface area contributed by atoms with E-state index in [2.05, 4.69) is 0 Å². The highest BCUT2D eigenvalue weighted by molar-refractivity contribution is 7.86. The molecule has 1 amide bonds. The van der Waals surface area contributed by atoms with Crippen molar-refractivity contribution in [3.8, 4) is 0 Å². The maximum absolute atomic E-state index is 12.2. The molecule has 0 saturated carbocycles. The second-order valence-corrected chi connectivity index (χ2v) is 6.29. The van der Waals surface area contributed by atoms with E-state index in [9.17, 15) is 9.00 Å². The molecule has 4 nitrogen and oxygen atoms in total. The molecule has 0 heterocycles. The van der Waals surface area contributed by atoms with Gasteiger partial charge in [0.2, 0.25) is 5.91 Å². The topological polar surface area (TPSA) is 63.4 Å². The van der Waals surface area contributed by atoms with Crippen molar-refractivity contribution in [3.05, 3.63) is 53.6 Å². The molecule has 0 radical (unpaired) electrons. The molecule has 2 rings (SSSR count). The summed E-state index contributed by atoms with van der Waals surface area (Å²) in [6.45, 7) is 0. The molecule has 2 N–H and O–H groups in total. The summed E-state index contributed by atoms with van der Waals surface area (Å²) in [5.74, 6) is -0.372. The van der Waals surface area contributed by atoms with Crippen LogP contribution in [0, 0.1) is 0 Å². The Bertz CT molecular complexity index is 674. The van der Waals surface area contributed by atoms with Gasteiger partial charge in [-0.15, -0.1) is 0 Å². The van der Waals surface area contributed by atoms with Gasteiger partial charge in [-0.05, 0) is 36.4 Å². The molecule has 0 bridgehead atoms. The molecular formula is C15H15ClN2O2S. The van der Waals surface area contributed by atoms with Crippen molar-refractivity contribution >= 4 is 39.7 Å². The first-order valence-electron chi connectivity index (χ1n) is 6.24. The molecule has 110 valence electrons. The number of benzene rings is 2. The Labute approximate surface area is 131 Å². The van der Waals surface area contributed by atoms with Crippen LogP contribution in [0.1, 0.15) is 0 Å². The van der Waals surface area contributed by atoms with Crippen molar-refractivity contribution in [2.24, 2.45) is 0 Å². The first-order valence-corrected chi connectivity index (χ1v) is 7.93. The lowest BCUT2D eigenvalue weighted by Crippen LogP contribution is -2.30. The number of hydrogen-bond donors (Lipinski definition) is 1. The van der Waals surface area contributed by atoms with Crippen molar-refractivity contribution in [3.63, 3.8) is 0 Å². The maximum Gasteiger partial charge on any atom is 0.239 e. The van der Waals surface area contributed by atoms with E-state index >= 15 is 0 Å². The van der Waals surface area contributed by atoms with Gasteiger partial charge in [-0.1, -0.05) is 23.7 Å². The summed E-state index contributed by atoms with van der Waals surface area (Å²) in [5, 5.41) is 0.402. The van der Waals surface area contributed by atoms with Gasteiger partial charge in [0.25, 0.3) is 0 Å². The summed E-state index contributed by atoms with van der Waals surface area (Å²) in [6.07, 6.45) is 0. The molecule has 0 spiro atoms. The van der Waals surface area contributed by atoms with Gasteiger partial charge < -0.3 is 10.6 Å². The molecular weight excluding hydrogens is 308 g/mol. The normalized spacial score (nSPS) is 11.9. The minimum atomic E-state index is -1.47. The molecule has 0 aliphatic carbocycles. The van der Waals surface area contributed by atoms with Crippen LogP contribution in [-0.2, 0) is 15.6 Å². The first kappa shape index (κ1) is 15.5. The average Bonchev–Trinajstić information content (AvgIpc) is 2.47. The van der Waals surface area contributed by atoms with E-state index in [0.29, 0.717) is 21.3 Å². The number of amides is 1. The molecule has 0 saturated heterocycles. The molecule has 21 heavy (non-hydrogen) atoms. The average molecular weight is 323 g/mol. The molecule has 0 fully saturated rings. The van der Waals surface area contributed by atoms with Crippen molar-refractivity contribution in [2.45, 2.75) is 4.90 Å². The van der Waals surface area contributed by atoms with E-state index in [0.717, 1.165) is 0 Å². The SMILES string of the molecule is CN(C(=O)CS(=O)c1ccccc1Cl)c1ccc(N)cc1. The van der Waals surface area contributed by atoms with Crippen molar-refractivity contribution in [1.29, 1.82) is 0 Å². The zero-order chi connectivity index (χ0) is 15.4. The van der Waals surface area contributed by atoms with Crippen LogP contribution < -0.4 is 10.6 Å². The summed E-state index contributed by atoms with van der Waals surface area (Å²) >= 11 is 5.98. The Morgan fingerprint density at radius 1 is 1.19 bits per heavy atom. The highest BCUT2D eigenvalue weighted by atomic mass is 35.5. The lowest BCUT2D eigenvalue weighted by Gasteiger charge is -2.17. The third-order valence-corrected chi connectivity index (χ3v) is 4.79. The lowest BCUT2D eigenvalue weighted by molar-refractivity contribution is -0.115. The third kappa shape index (κ3) is 3.83. The van der Waals surface area contributed by atoms with Crippen LogP contribution in [0.4, 0.5) is 11.4 Å². The zero-order valence-corrected chi connectivity index (χ0v) is 13.0. The second-order valence-electron chi connectivity index (χ2n) is 4.46. The maximum atomic E-state index is 12.2. The van der Waals surface area contributed by atoms with Gasteiger partial charge in [0, 0.05) is 18.4 Å². The smallest absolute Gasteiger partial charge is 0.239 e. The lowest BCUT2D eigenvalue weighted by atomic mass is 10.2. The number of carbonyl (C=O) groups excluding carboxylic acids is 1. The Morgan fingerprint density at radius 2 is 1.81 bits per heavy atom. The van der Waals surface area contributed by atoms with Crippen LogP contribution in [0.3, 0.4) is 0 Å². The zero-order valence-electron chi connectivity index (χ0n) is 11.5. The predicted molar refractivity (Wildman–Crippen MR) is 87.0 cm³/mol. The Hall–Kier alpha value is -1.85. The summed E-state index contributed by atoms with van der Waals surface area (Å²) in [7, 11) is 0.165. The first-order chi connectivity index (χ1) is 9.99. The fraction of sp³-hybridized carbons (Fsp3) is 0.133. The number of nitrogen functional groups attached to an aromatic ring is 1. The summed E-state index contributed by atoms with van der Waals surface area (Å²) < 4.78 is 12.2. The Kier molecular flexibility index (Phi) is 4.98. The number of carbonyl (C=O) groups is 1. The van der Waals surface area contributed by atoms with E-state index in [1.165, 1.54) is 4.90 Å². The van der Waals surface area contributed by atoms with Gasteiger partial charge in [0.05, 0.1) is 20.7 Å². The van der Waals surface area contributed by atoms with Gasteiger partial charge in [-0.25, -0.2) is 0 Å². The fourth-order valence-corrected chi connectivity index (χ4v) is 3.24. The number of anilines is 2. The molecule has 2 aromatic rings. The predicted octanol–water partition coefficient (Wildman–Crippen LogP) is 2.69. The number of nitrogens with zero attached hydrogens (tertiary/aromatic N) is 1. The van der Waals surface area contributed by atoms with Gasteiger partial charge >= 0.3 is 0 Å². The van der Waals surface area contributed by atoms with E-state index in [-0.39, 0.29) is 11.7 Å². The van der Waals surface area contributed by atoms with Gasteiger partial charge in [0.15, 0.2) is 0 Å². The van der Waals surface area contributed by atoms with Crippen LogP contribution in [-0.4, -0.2) is 22.9 Å². The number of halogens is 1. The molecule has 6 heteroatoms. The Balaban J connectivity index is 2.09. The van der Waals surface area contributed by atoms with E-state index < -0.39 is 10.8 Å². The van der Waals surface area contributed by atoms with Gasteiger partial charge in [-0.3, -0.25) is 9.00 Å². The molecule has 0 aliphatic heterocycles. The molecule has 1 unspecified atom stereocenters. The second kappa shape index (κ2) is 6.74. The van der Waals surface area contributed by atoms with Crippen LogP contribution in [0.2, 0.25) is 5.02 Å². The quantitative estimate of drug-likeness (QED) is 0.880. The van der Waals surface area contributed by atoms with Crippen LogP contribution in [0.25, 0.3) is 0 Å². The standard InChI is InChI=1S/C15H15ClN2O2S/c1-18(12-8-6-11(17)7-9-12)15(19)10-21(20)14-5-3-2-4-13(14)16/h2-9H,10,17H2,1H3. The van der Waals surface area contributed by atoms with Gasteiger partial charge in [0.1, 0.15) is 5.75 Å². The van der Waals surface area contributed by atoms with Crippen molar-refractivity contribution < 1.29 is 9.00 Å². The summed E-state index contributed by atoms with van der Waals surface area (Å²) in [5.41, 5.74) is 6.93. The minimum absolute atomic E-state index is 0.120. The molecule has 0 aromatic heterocycles.